The van der Waals surface area contributed by atoms with Crippen molar-refractivity contribution in [2.24, 2.45) is 4.40 Å². The molecule has 2 rings (SSSR count). The van der Waals surface area contributed by atoms with E-state index in [1.807, 2.05) is 6.92 Å². The molecule has 1 aliphatic rings. The third-order valence-corrected chi connectivity index (χ3v) is 5.74. The number of sulfonamides is 1. The Bertz CT molecular complexity index is 709. The molecule has 1 amide bonds. The molecule has 0 saturated carbocycles. The molecule has 0 N–H and O–H groups in total. The van der Waals surface area contributed by atoms with Crippen molar-refractivity contribution in [2.45, 2.75) is 30.4 Å². The summed E-state index contributed by atoms with van der Waals surface area (Å²) in [6.45, 7) is 7.56. The highest BCUT2D eigenvalue weighted by atomic mass is 32.2. The van der Waals surface area contributed by atoms with Gasteiger partial charge in [-0.05, 0) is 31.0 Å². The van der Waals surface area contributed by atoms with Gasteiger partial charge in [0.2, 0.25) is 5.91 Å². The van der Waals surface area contributed by atoms with Crippen molar-refractivity contribution in [1.82, 2.24) is 4.90 Å². The molecule has 1 saturated heterocycles. The molecule has 118 valence electrons. The fourth-order valence-electron chi connectivity index (χ4n) is 2.01. The van der Waals surface area contributed by atoms with Gasteiger partial charge in [-0.1, -0.05) is 36.9 Å². The molecule has 22 heavy (non-hydrogen) atoms. The Morgan fingerprint density at radius 3 is 2.55 bits per heavy atom. The lowest BCUT2D eigenvalue weighted by Crippen LogP contribution is -2.31. The number of rotatable bonds is 5. The fourth-order valence-corrected chi connectivity index (χ4v) is 4.20. The van der Waals surface area contributed by atoms with Gasteiger partial charge in [-0.3, -0.25) is 9.69 Å². The predicted octanol–water partition coefficient (Wildman–Crippen LogP) is 2.44. The predicted molar refractivity (Wildman–Crippen MR) is 89.4 cm³/mol. The lowest BCUT2D eigenvalue weighted by molar-refractivity contribution is -0.125. The monoisotopic (exact) mass is 338 g/mol. The second-order valence-electron chi connectivity index (χ2n) is 4.84. The van der Waals surface area contributed by atoms with Gasteiger partial charge in [0.1, 0.15) is 0 Å². The van der Waals surface area contributed by atoms with Gasteiger partial charge in [-0.2, -0.15) is 8.42 Å². The average molecular weight is 338 g/mol. The van der Waals surface area contributed by atoms with E-state index in [0.29, 0.717) is 0 Å². The number of carbonyl (C=O) groups excluding carboxylic acids is 1. The van der Waals surface area contributed by atoms with Crippen molar-refractivity contribution in [3.63, 3.8) is 0 Å². The van der Waals surface area contributed by atoms with Gasteiger partial charge in [-0.15, -0.1) is 11.0 Å². The van der Waals surface area contributed by atoms with Crippen molar-refractivity contribution >= 4 is 32.9 Å². The molecular formula is C15H18N2O3S2. The van der Waals surface area contributed by atoms with Crippen molar-refractivity contribution < 1.29 is 13.2 Å². The van der Waals surface area contributed by atoms with Crippen LogP contribution in [0.1, 0.15) is 19.4 Å². The Hall–Kier alpha value is -1.60. The van der Waals surface area contributed by atoms with E-state index in [2.05, 4.69) is 11.0 Å². The second kappa shape index (κ2) is 6.66. The fraction of sp³-hybridized carbons (Fsp3) is 0.333. The quantitative estimate of drug-likeness (QED) is 0.774. The van der Waals surface area contributed by atoms with Crippen LogP contribution < -0.4 is 0 Å². The van der Waals surface area contributed by atoms with Crippen molar-refractivity contribution in [2.75, 3.05) is 6.54 Å². The van der Waals surface area contributed by atoms with E-state index in [1.54, 1.807) is 37.3 Å². The van der Waals surface area contributed by atoms with Crippen molar-refractivity contribution in [3.05, 3.63) is 42.5 Å². The van der Waals surface area contributed by atoms with Crippen LogP contribution in [-0.2, 0) is 21.2 Å². The lowest BCUT2D eigenvalue weighted by Gasteiger charge is -2.13. The highest BCUT2D eigenvalue weighted by Crippen LogP contribution is 2.28. The standard InChI is InChI=1S/C15H18N2O3S2/c1-4-10-17-14(18)11(3)21-15(17)16-22(19,20)13-8-6-12(5-2)7-9-13/h4,6-9,11H,1,5,10H2,2-3H3/b16-15+. The van der Waals surface area contributed by atoms with Crippen LogP contribution >= 0.6 is 11.8 Å². The summed E-state index contributed by atoms with van der Waals surface area (Å²) in [6.07, 6.45) is 2.39. The molecule has 1 aliphatic heterocycles. The van der Waals surface area contributed by atoms with Crippen LogP contribution in [0.5, 0.6) is 0 Å². The number of nitrogens with zero attached hydrogens (tertiary/aromatic N) is 2. The van der Waals surface area contributed by atoms with Gasteiger partial charge in [-0.25, -0.2) is 0 Å². The highest BCUT2D eigenvalue weighted by Gasteiger charge is 2.35. The molecule has 0 spiro atoms. The molecule has 0 radical (unpaired) electrons. The summed E-state index contributed by atoms with van der Waals surface area (Å²) in [5, 5.41) is -0.131. The molecule has 5 nitrogen and oxygen atoms in total. The van der Waals surface area contributed by atoms with E-state index in [0.717, 1.165) is 23.7 Å². The Balaban J connectivity index is 2.36. The number of carbonyl (C=O) groups is 1. The summed E-state index contributed by atoms with van der Waals surface area (Å²) in [7, 11) is -3.83. The third-order valence-electron chi connectivity index (χ3n) is 3.27. The minimum absolute atomic E-state index is 0.128. The molecule has 7 heteroatoms. The first-order valence-corrected chi connectivity index (χ1v) is 9.24. The van der Waals surface area contributed by atoms with E-state index in [1.165, 1.54) is 4.90 Å². The molecule has 1 fully saturated rings. The molecule has 1 aromatic rings. The first kappa shape index (κ1) is 16.8. The smallest absolute Gasteiger partial charge is 0.284 e. The van der Waals surface area contributed by atoms with Gasteiger partial charge in [0.15, 0.2) is 5.17 Å². The molecule has 0 bridgehead atoms. The Kier molecular flexibility index (Phi) is 5.08. The largest absolute Gasteiger partial charge is 0.286 e. The van der Waals surface area contributed by atoms with Crippen LogP contribution in [-0.4, -0.2) is 36.2 Å². The molecule has 0 aliphatic carbocycles. The molecule has 1 aromatic carbocycles. The number of benzene rings is 1. The number of hydrogen-bond acceptors (Lipinski definition) is 4. The van der Waals surface area contributed by atoms with Gasteiger partial charge >= 0.3 is 0 Å². The zero-order chi connectivity index (χ0) is 16.3. The summed E-state index contributed by atoms with van der Waals surface area (Å²) in [4.78, 5) is 13.5. The molecule has 1 heterocycles. The minimum atomic E-state index is -3.83. The summed E-state index contributed by atoms with van der Waals surface area (Å²) in [6, 6.07) is 6.62. The van der Waals surface area contributed by atoms with Gasteiger partial charge in [0.05, 0.1) is 10.1 Å². The van der Waals surface area contributed by atoms with E-state index in [9.17, 15) is 13.2 Å². The van der Waals surface area contributed by atoms with Crippen LogP contribution in [0, 0.1) is 0 Å². The zero-order valence-corrected chi connectivity index (χ0v) is 14.2. The highest BCUT2D eigenvalue weighted by molar-refractivity contribution is 8.16. The first-order valence-electron chi connectivity index (χ1n) is 6.92. The maximum Gasteiger partial charge on any atom is 0.284 e. The number of hydrogen-bond donors (Lipinski definition) is 0. The number of amides is 1. The third kappa shape index (κ3) is 3.41. The molecule has 1 unspecified atom stereocenters. The van der Waals surface area contributed by atoms with Crippen LogP contribution in [0.3, 0.4) is 0 Å². The van der Waals surface area contributed by atoms with Gasteiger partial charge < -0.3 is 0 Å². The van der Waals surface area contributed by atoms with Crippen molar-refractivity contribution in [3.8, 4) is 0 Å². The second-order valence-corrected chi connectivity index (χ2v) is 7.76. The van der Waals surface area contributed by atoms with E-state index < -0.39 is 10.0 Å². The average Bonchev–Trinajstić information content (AvgIpc) is 2.75. The van der Waals surface area contributed by atoms with Crippen LogP contribution in [0.25, 0.3) is 0 Å². The summed E-state index contributed by atoms with van der Waals surface area (Å²) >= 11 is 1.15. The van der Waals surface area contributed by atoms with Crippen LogP contribution in [0.2, 0.25) is 0 Å². The minimum Gasteiger partial charge on any atom is -0.286 e. The maximum absolute atomic E-state index is 12.4. The van der Waals surface area contributed by atoms with Gasteiger partial charge in [0, 0.05) is 6.54 Å². The SMILES string of the molecule is C=CCN1C(=O)C(C)S/C1=N/S(=O)(=O)c1ccc(CC)cc1. The van der Waals surface area contributed by atoms with E-state index in [4.69, 9.17) is 0 Å². The van der Waals surface area contributed by atoms with Crippen LogP contribution in [0.15, 0.2) is 46.2 Å². The van der Waals surface area contributed by atoms with E-state index in [-0.39, 0.29) is 27.8 Å². The molecular weight excluding hydrogens is 320 g/mol. The van der Waals surface area contributed by atoms with Crippen LogP contribution in [0.4, 0.5) is 0 Å². The number of amidine groups is 1. The summed E-state index contributed by atoms with van der Waals surface area (Å²) in [5.41, 5.74) is 1.05. The summed E-state index contributed by atoms with van der Waals surface area (Å²) < 4.78 is 28.6. The van der Waals surface area contributed by atoms with Gasteiger partial charge in [0.25, 0.3) is 10.0 Å². The normalized spacial score (nSPS) is 20.6. The van der Waals surface area contributed by atoms with E-state index >= 15 is 0 Å². The zero-order valence-electron chi connectivity index (χ0n) is 12.5. The molecule has 1 atom stereocenters. The topological polar surface area (TPSA) is 66.8 Å². The van der Waals surface area contributed by atoms with Crippen molar-refractivity contribution in [1.29, 1.82) is 0 Å². The number of aryl methyl sites for hydroxylation is 1. The lowest BCUT2D eigenvalue weighted by atomic mass is 10.2. The summed E-state index contributed by atoms with van der Waals surface area (Å²) in [5.74, 6) is -0.153. The first-order chi connectivity index (χ1) is 10.4. The maximum atomic E-state index is 12.4. The Labute approximate surface area is 135 Å². The molecule has 0 aromatic heterocycles. The number of thioether (sulfide) groups is 1. The Morgan fingerprint density at radius 1 is 1.36 bits per heavy atom. The Morgan fingerprint density at radius 2 is 2.00 bits per heavy atom.